The predicted molar refractivity (Wildman–Crippen MR) is 114 cm³/mol. The molecule has 2 aliphatic rings. The van der Waals surface area contributed by atoms with E-state index in [2.05, 4.69) is 16.7 Å². The Labute approximate surface area is 176 Å². The van der Waals surface area contributed by atoms with Crippen molar-refractivity contribution in [2.45, 2.75) is 38.6 Å². The second-order valence-corrected chi connectivity index (χ2v) is 7.87. The van der Waals surface area contributed by atoms with Crippen LogP contribution in [0.4, 0.5) is 5.95 Å². The van der Waals surface area contributed by atoms with E-state index in [1.54, 1.807) is 18.9 Å². The molecule has 2 heterocycles. The predicted octanol–water partition coefficient (Wildman–Crippen LogP) is 3.50. The quantitative estimate of drug-likeness (QED) is 0.302. The third-order valence-corrected chi connectivity index (χ3v) is 6.05. The van der Waals surface area contributed by atoms with E-state index in [0.717, 1.165) is 30.3 Å². The van der Waals surface area contributed by atoms with Crippen molar-refractivity contribution in [2.75, 3.05) is 31.8 Å². The van der Waals surface area contributed by atoms with E-state index in [0.29, 0.717) is 25.5 Å². The molecule has 160 valence electrons. The Hall–Kier alpha value is -2.67. The topological polar surface area (TPSA) is 73.7 Å². The number of benzene rings is 1. The Morgan fingerprint density at radius 2 is 2.10 bits per heavy atom. The molecular weight excluding hydrogens is 382 g/mol. The average Bonchev–Trinajstić information content (AvgIpc) is 3.14. The lowest BCUT2D eigenvalue weighted by atomic mass is 9.79. The molecule has 30 heavy (non-hydrogen) atoms. The summed E-state index contributed by atoms with van der Waals surface area (Å²) in [6.45, 7) is 3.01. The van der Waals surface area contributed by atoms with Crippen LogP contribution < -0.4 is 4.90 Å². The Balaban J connectivity index is 1.86. The third-order valence-electron chi connectivity index (χ3n) is 6.05. The number of aromatic nitrogens is 2. The van der Waals surface area contributed by atoms with E-state index in [9.17, 15) is 9.59 Å². The van der Waals surface area contributed by atoms with Crippen molar-refractivity contribution in [3.8, 4) is 0 Å². The largest absolute Gasteiger partial charge is 0.465 e. The van der Waals surface area contributed by atoms with Crippen LogP contribution in [0.25, 0.3) is 11.0 Å². The number of hydrogen-bond acceptors (Lipinski definition) is 5. The molecule has 2 aromatic rings. The minimum absolute atomic E-state index is 0.172. The summed E-state index contributed by atoms with van der Waals surface area (Å²) in [4.78, 5) is 33.2. The fourth-order valence-corrected chi connectivity index (χ4v) is 4.74. The maximum Gasteiger partial charge on any atom is 0.320 e. The van der Waals surface area contributed by atoms with Gasteiger partial charge >= 0.3 is 5.97 Å². The molecule has 0 bridgehead atoms. The number of allylic oxidation sites excluding steroid dienone is 2. The number of imidazole rings is 1. The first kappa shape index (κ1) is 20.6. The number of fused-ring (bicyclic) bond motifs is 3. The van der Waals surface area contributed by atoms with Gasteiger partial charge in [-0.15, -0.1) is 0 Å². The van der Waals surface area contributed by atoms with Crippen molar-refractivity contribution in [2.24, 2.45) is 11.8 Å². The molecule has 7 nitrogen and oxygen atoms in total. The zero-order valence-corrected chi connectivity index (χ0v) is 17.6. The minimum Gasteiger partial charge on any atom is -0.465 e. The fourth-order valence-electron chi connectivity index (χ4n) is 4.74. The molecule has 1 aliphatic heterocycles. The number of methoxy groups -OCH3 is 1. The summed E-state index contributed by atoms with van der Waals surface area (Å²) in [6.07, 6.45) is 7.71. The minimum atomic E-state index is -0.867. The van der Waals surface area contributed by atoms with Crippen molar-refractivity contribution in [1.82, 2.24) is 9.55 Å². The van der Waals surface area contributed by atoms with Crippen LogP contribution in [0.5, 0.6) is 0 Å². The highest BCUT2D eigenvalue weighted by Crippen LogP contribution is 2.44. The maximum absolute atomic E-state index is 13.6. The van der Waals surface area contributed by atoms with Crippen LogP contribution in [-0.2, 0) is 19.1 Å². The number of nitrogens with zero attached hydrogens (tertiary/aromatic N) is 3. The monoisotopic (exact) mass is 411 g/mol. The second-order valence-electron chi connectivity index (χ2n) is 7.87. The van der Waals surface area contributed by atoms with Gasteiger partial charge < -0.3 is 14.0 Å². The zero-order chi connectivity index (χ0) is 21.1. The van der Waals surface area contributed by atoms with Gasteiger partial charge in [0.1, 0.15) is 0 Å². The van der Waals surface area contributed by atoms with Crippen molar-refractivity contribution in [3.63, 3.8) is 0 Å². The number of rotatable bonds is 7. The van der Waals surface area contributed by atoms with Gasteiger partial charge in [-0.3, -0.25) is 14.5 Å². The number of carbonyl (C=O) groups excluding carboxylic acids is 2. The van der Waals surface area contributed by atoms with Crippen LogP contribution in [0, 0.1) is 11.8 Å². The van der Waals surface area contributed by atoms with Gasteiger partial charge in [-0.2, -0.15) is 0 Å². The highest BCUT2D eigenvalue weighted by Gasteiger charge is 2.49. The maximum atomic E-state index is 13.6. The SMILES string of the molecule is CCOC(=O)[C@H]1C(=O)N(CCCOC)c2nc3ccccc3n2[C@@H]1[C@@H]1CC=CCC1. The highest BCUT2D eigenvalue weighted by atomic mass is 16.5. The van der Waals surface area contributed by atoms with E-state index in [1.807, 2.05) is 24.3 Å². The second kappa shape index (κ2) is 9.00. The average molecular weight is 412 g/mol. The molecule has 3 atom stereocenters. The molecule has 7 heteroatoms. The molecule has 1 amide bonds. The Kier molecular flexibility index (Phi) is 6.18. The summed E-state index contributed by atoms with van der Waals surface area (Å²) in [5, 5.41) is 0. The van der Waals surface area contributed by atoms with Crippen molar-refractivity contribution >= 4 is 28.9 Å². The summed E-state index contributed by atoms with van der Waals surface area (Å²) in [6, 6.07) is 7.58. The van der Waals surface area contributed by atoms with Crippen LogP contribution in [0.1, 0.15) is 38.6 Å². The van der Waals surface area contributed by atoms with Gasteiger partial charge in [0.2, 0.25) is 11.9 Å². The summed E-state index contributed by atoms with van der Waals surface area (Å²) in [7, 11) is 1.64. The van der Waals surface area contributed by atoms with Crippen molar-refractivity contribution in [1.29, 1.82) is 0 Å². The Morgan fingerprint density at radius 3 is 2.83 bits per heavy atom. The number of carbonyl (C=O) groups is 2. The van der Waals surface area contributed by atoms with Gasteiger partial charge in [0, 0.05) is 20.3 Å². The molecule has 0 fully saturated rings. The molecule has 0 N–H and O–H groups in total. The van der Waals surface area contributed by atoms with Gasteiger partial charge in [-0.1, -0.05) is 24.3 Å². The molecule has 1 aromatic carbocycles. The number of anilines is 1. The van der Waals surface area contributed by atoms with Crippen molar-refractivity contribution < 1.29 is 19.1 Å². The van der Waals surface area contributed by atoms with E-state index in [4.69, 9.17) is 14.5 Å². The summed E-state index contributed by atoms with van der Waals surface area (Å²) < 4.78 is 12.7. The lowest BCUT2D eigenvalue weighted by molar-refractivity contribution is -0.155. The smallest absolute Gasteiger partial charge is 0.320 e. The molecule has 4 rings (SSSR count). The number of amides is 1. The molecule has 0 spiro atoms. The van der Waals surface area contributed by atoms with Crippen LogP contribution in [0.15, 0.2) is 36.4 Å². The number of para-hydroxylation sites is 2. The summed E-state index contributed by atoms with van der Waals surface area (Å²) in [5.74, 6) is -0.730. The molecule has 0 radical (unpaired) electrons. The third kappa shape index (κ3) is 3.62. The summed E-state index contributed by atoms with van der Waals surface area (Å²) in [5.41, 5.74) is 1.78. The summed E-state index contributed by atoms with van der Waals surface area (Å²) >= 11 is 0. The van der Waals surface area contributed by atoms with E-state index < -0.39 is 11.9 Å². The Morgan fingerprint density at radius 1 is 1.27 bits per heavy atom. The first-order valence-corrected chi connectivity index (χ1v) is 10.8. The standard InChI is InChI=1S/C23H29N3O4/c1-3-30-22(28)19-20(16-10-5-4-6-11-16)26-18-13-8-7-12-17(18)24-23(26)25(21(19)27)14-9-15-29-2/h4-5,7-8,12-13,16,19-20H,3,6,9-11,14-15H2,1-2H3/t16-,19-,20-/m1/s1. The molecule has 1 aliphatic carbocycles. The van der Waals surface area contributed by atoms with E-state index >= 15 is 0 Å². The normalized spacial score (nSPS) is 23.6. The first-order valence-electron chi connectivity index (χ1n) is 10.8. The fraction of sp³-hybridized carbons (Fsp3) is 0.522. The lowest BCUT2D eigenvalue weighted by Crippen LogP contribution is -2.52. The molecule has 0 saturated carbocycles. The van der Waals surface area contributed by atoms with Gasteiger partial charge in [-0.25, -0.2) is 4.98 Å². The van der Waals surface area contributed by atoms with Gasteiger partial charge in [0.25, 0.3) is 0 Å². The number of ether oxygens (including phenoxy) is 2. The van der Waals surface area contributed by atoms with Crippen LogP contribution >= 0.6 is 0 Å². The van der Waals surface area contributed by atoms with Crippen molar-refractivity contribution in [3.05, 3.63) is 36.4 Å². The lowest BCUT2D eigenvalue weighted by Gasteiger charge is -2.41. The Bertz CT molecular complexity index is 951. The number of hydrogen-bond donors (Lipinski definition) is 0. The van der Waals surface area contributed by atoms with E-state index in [1.165, 1.54) is 0 Å². The van der Waals surface area contributed by atoms with Crippen LogP contribution in [0.2, 0.25) is 0 Å². The molecule has 0 saturated heterocycles. The first-order chi connectivity index (χ1) is 14.7. The van der Waals surface area contributed by atoms with E-state index in [-0.39, 0.29) is 24.5 Å². The van der Waals surface area contributed by atoms with Crippen LogP contribution in [0.3, 0.4) is 0 Å². The molecule has 1 aromatic heterocycles. The van der Waals surface area contributed by atoms with Gasteiger partial charge in [0.05, 0.1) is 23.7 Å². The van der Waals surface area contributed by atoms with Gasteiger partial charge in [0.15, 0.2) is 5.92 Å². The number of esters is 1. The van der Waals surface area contributed by atoms with Gasteiger partial charge in [-0.05, 0) is 50.7 Å². The molecule has 0 unspecified atom stereocenters. The molecular formula is C23H29N3O4. The zero-order valence-electron chi connectivity index (χ0n) is 17.6. The highest BCUT2D eigenvalue weighted by molar-refractivity contribution is 6.08. The van der Waals surface area contributed by atoms with Crippen LogP contribution in [-0.4, -0.2) is 48.3 Å².